The topological polar surface area (TPSA) is 17.1 Å². The van der Waals surface area contributed by atoms with Gasteiger partial charge in [0.2, 0.25) is 0 Å². The number of carbonyl (C=O) groups excluding carboxylic acids is 1. The van der Waals surface area contributed by atoms with Gasteiger partial charge in [-0.2, -0.15) is 0 Å². The summed E-state index contributed by atoms with van der Waals surface area (Å²) in [5.41, 5.74) is 0. The van der Waals surface area contributed by atoms with Crippen LogP contribution in [-0.2, 0) is 4.79 Å². The lowest BCUT2D eigenvalue weighted by atomic mass is 10.2. The van der Waals surface area contributed by atoms with Gasteiger partial charge in [0.15, 0.2) is 0 Å². The van der Waals surface area contributed by atoms with Crippen LogP contribution in [0.3, 0.4) is 0 Å². The zero-order valence-electron chi connectivity index (χ0n) is 14.3. The summed E-state index contributed by atoms with van der Waals surface area (Å²) >= 11 is 0. The Morgan fingerprint density at radius 3 is 2.05 bits per heavy atom. The van der Waals surface area contributed by atoms with Gasteiger partial charge in [-0.25, -0.2) is 0 Å². The number of rotatable bonds is 13. The molecular formula is C21H32O. The summed E-state index contributed by atoms with van der Waals surface area (Å²) in [5.74, 6) is 0.280. The third-order valence-corrected chi connectivity index (χ3v) is 3.14. The molecule has 0 saturated carbocycles. The van der Waals surface area contributed by atoms with E-state index in [-0.39, 0.29) is 5.78 Å². The van der Waals surface area contributed by atoms with E-state index in [9.17, 15) is 4.79 Å². The van der Waals surface area contributed by atoms with Crippen LogP contribution in [0.5, 0.6) is 0 Å². The Bertz CT molecular complexity index is 394. The summed E-state index contributed by atoms with van der Waals surface area (Å²) in [4.78, 5) is 10.8. The number of unbranched alkanes of at least 4 members (excludes halogenated alkanes) is 4. The summed E-state index contributed by atoms with van der Waals surface area (Å²) in [6.45, 7) is 3.88. The average Bonchev–Trinajstić information content (AvgIpc) is 2.50. The fourth-order valence-corrected chi connectivity index (χ4v) is 1.86. The Labute approximate surface area is 137 Å². The van der Waals surface area contributed by atoms with Crippen LogP contribution in [0.25, 0.3) is 0 Å². The number of carbonyl (C=O) groups is 1. The van der Waals surface area contributed by atoms with E-state index < -0.39 is 0 Å². The SMILES string of the molecule is CCCCC\C=C/C=C/C=C/C=C\C/C=C\CCCC(C)=O. The van der Waals surface area contributed by atoms with Crippen LogP contribution in [0, 0.1) is 0 Å². The smallest absolute Gasteiger partial charge is 0.129 e. The highest BCUT2D eigenvalue weighted by Crippen LogP contribution is 2.00. The first kappa shape index (κ1) is 20.4. The maximum absolute atomic E-state index is 10.8. The van der Waals surface area contributed by atoms with Crippen molar-refractivity contribution < 1.29 is 4.79 Å². The molecular weight excluding hydrogens is 268 g/mol. The van der Waals surface area contributed by atoms with Gasteiger partial charge in [-0.15, -0.1) is 0 Å². The summed E-state index contributed by atoms with van der Waals surface area (Å²) in [6, 6.07) is 0. The second-order valence-corrected chi connectivity index (χ2v) is 5.42. The predicted molar refractivity (Wildman–Crippen MR) is 99.0 cm³/mol. The van der Waals surface area contributed by atoms with Crippen LogP contribution in [0.15, 0.2) is 60.8 Å². The maximum atomic E-state index is 10.8. The third-order valence-electron chi connectivity index (χ3n) is 3.14. The summed E-state index contributed by atoms with van der Waals surface area (Å²) in [6.07, 6.45) is 29.8. The van der Waals surface area contributed by atoms with E-state index in [0.717, 1.165) is 19.3 Å². The van der Waals surface area contributed by atoms with Crippen molar-refractivity contribution in [2.75, 3.05) is 0 Å². The standard InChI is InChI=1S/C21H32O/c1-3-4-5-6-7-8-9-10-11-12-13-14-15-16-17-18-19-20-21(2)22/h7-14,16-17H,3-6,15,18-20H2,1-2H3/b8-7-,10-9+,12-11+,14-13-,17-16-. The minimum Gasteiger partial charge on any atom is -0.300 e. The molecule has 0 spiro atoms. The molecule has 0 aromatic carbocycles. The van der Waals surface area contributed by atoms with Gasteiger partial charge in [0, 0.05) is 6.42 Å². The van der Waals surface area contributed by atoms with Crippen molar-refractivity contribution in [2.45, 2.75) is 65.2 Å². The van der Waals surface area contributed by atoms with Gasteiger partial charge in [-0.1, -0.05) is 80.5 Å². The van der Waals surface area contributed by atoms with Crippen molar-refractivity contribution in [3.8, 4) is 0 Å². The lowest BCUT2D eigenvalue weighted by Crippen LogP contribution is -1.87. The summed E-state index contributed by atoms with van der Waals surface area (Å²) < 4.78 is 0. The molecule has 0 radical (unpaired) electrons. The first-order chi connectivity index (χ1) is 10.8. The second-order valence-electron chi connectivity index (χ2n) is 5.42. The number of ketones is 1. The maximum Gasteiger partial charge on any atom is 0.129 e. The first-order valence-electron chi connectivity index (χ1n) is 8.56. The van der Waals surface area contributed by atoms with Gasteiger partial charge in [0.25, 0.3) is 0 Å². The largest absolute Gasteiger partial charge is 0.300 e. The molecule has 1 heteroatoms. The van der Waals surface area contributed by atoms with Gasteiger partial charge in [-0.3, -0.25) is 0 Å². The number of allylic oxidation sites excluding steroid dienone is 10. The minimum absolute atomic E-state index is 0.280. The van der Waals surface area contributed by atoms with Crippen LogP contribution in [0.1, 0.15) is 65.2 Å². The van der Waals surface area contributed by atoms with E-state index in [2.05, 4.69) is 55.5 Å². The molecule has 0 aromatic rings. The highest BCUT2D eigenvalue weighted by atomic mass is 16.1. The van der Waals surface area contributed by atoms with Gasteiger partial charge >= 0.3 is 0 Å². The van der Waals surface area contributed by atoms with Crippen LogP contribution < -0.4 is 0 Å². The Hall–Kier alpha value is -1.63. The van der Waals surface area contributed by atoms with Crippen molar-refractivity contribution in [3.63, 3.8) is 0 Å². The predicted octanol–water partition coefficient (Wildman–Crippen LogP) is 6.50. The van der Waals surface area contributed by atoms with E-state index in [1.54, 1.807) is 6.92 Å². The number of Topliss-reactive ketones (excluding diaryl/α,β-unsaturated/α-hetero) is 1. The molecule has 122 valence electrons. The molecule has 0 aliphatic heterocycles. The molecule has 0 bridgehead atoms. The highest BCUT2D eigenvalue weighted by molar-refractivity contribution is 5.75. The molecule has 0 heterocycles. The van der Waals surface area contributed by atoms with E-state index in [4.69, 9.17) is 0 Å². The fraction of sp³-hybridized carbons (Fsp3) is 0.476. The van der Waals surface area contributed by atoms with Crippen molar-refractivity contribution >= 4 is 5.78 Å². The Kier molecular flexibility index (Phi) is 16.1. The molecule has 0 saturated heterocycles. The zero-order valence-corrected chi connectivity index (χ0v) is 14.3. The van der Waals surface area contributed by atoms with Crippen LogP contribution in [0.2, 0.25) is 0 Å². The first-order valence-corrected chi connectivity index (χ1v) is 8.56. The molecule has 0 unspecified atom stereocenters. The molecule has 0 fully saturated rings. The molecule has 0 aliphatic rings. The molecule has 0 N–H and O–H groups in total. The van der Waals surface area contributed by atoms with Crippen molar-refractivity contribution in [3.05, 3.63) is 60.8 Å². The Morgan fingerprint density at radius 2 is 1.36 bits per heavy atom. The third kappa shape index (κ3) is 18.4. The van der Waals surface area contributed by atoms with Gasteiger partial charge in [-0.05, 0) is 39.0 Å². The van der Waals surface area contributed by atoms with Gasteiger partial charge in [0.05, 0.1) is 0 Å². The van der Waals surface area contributed by atoms with Crippen LogP contribution >= 0.6 is 0 Å². The van der Waals surface area contributed by atoms with Crippen LogP contribution in [-0.4, -0.2) is 5.78 Å². The van der Waals surface area contributed by atoms with E-state index >= 15 is 0 Å². The quantitative estimate of drug-likeness (QED) is 0.215. The summed E-state index contributed by atoms with van der Waals surface area (Å²) in [5, 5.41) is 0. The molecule has 1 nitrogen and oxygen atoms in total. The normalized spacial score (nSPS) is 12.8. The van der Waals surface area contributed by atoms with E-state index in [1.165, 1.54) is 25.7 Å². The lowest BCUT2D eigenvalue weighted by molar-refractivity contribution is -0.117. The molecule has 22 heavy (non-hydrogen) atoms. The fourth-order valence-electron chi connectivity index (χ4n) is 1.86. The lowest BCUT2D eigenvalue weighted by Gasteiger charge is -1.90. The van der Waals surface area contributed by atoms with Crippen molar-refractivity contribution in [1.29, 1.82) is 0 Å². The second kappa shape index (κ2) is 17.4. The molecule has 0 amide bonds. The average molecular weight is 300 g/mol. The Balaban J connectivity index is 3.55. The minimum atomic E-state index is 0.280. The van der Waals surface area contributed by atoms with Crippen LogP contribution in [0.4, 0.5) is 0 Å². The monoisotopic (exact) mass is 300 g/mol. The van der Waals surface area contributed by atoms with Gasteiger partial charge in [0.1, 0.15) is 5.78 Å². The zero-order chi connectivity index (χ0) is 16.3. The van der Waals surface area contributed by atoms with E-state index in [1.807, 2.05) is 12.2 Å². The highest BCUT2D eigenvalue weighted by Gasteiger charge is 1.89. The number of hydrogen-bond acceptors (Lipinski definition) is 1. The molecule has 0 atom stereocenters. The molecule has 0 rings (SSSR count). The molecule has 0 aromatic heterocycles. The van der Waals surface area contributed by atoms with Gasteiger partial charge < -0.3 is 4.79 Å². The molecule has 0 aliphatic carbocycles. The summed E-state index contributed by atoms with van der Waals surface area (Å²) in [7, 11) is 0. The van der Waals surface area contributed by atoms with Crippen molar-refractivity contribution in [1.82, 2.24) is 0 Å². The van der Waals surface area contributed by atoms with E-state index in [0.29, 0.717) is 6.42 Å². The Morgan fingerprint density at radius 1 is 0.727 bits per heavy atom. The van der Waals surface area contributed by atoms with Crippen molar-refractivity contribution in [2.24, 2.45) is 0 Å². The number of hydrogen-bond donors (Lipinski definition) is 0.